The Labute approximate surface area is 176 Å². The smallest absolute Gasteiger partial charge is 0.293 e. The first-order chi connectivity index (χ1) is 14.4. The highest BCUT2D eigenvalue weighted by Gasteiger charge is 2.34. The van der Waals surface area contributed by atoms with E-state index in [4.69, 9.17) is 14.0 Å². The number of nitrogens with zero attached hydrogens (tertiary/aromatic N) is 2. The van der Waals surface area contributed by atoms with Crippen LogP contribution in [0.1, 0.15) is 22.6 Å². The number of hydrogen-bond acceptors (Lipinski definition) is 8. The maximum absolute atomic E-state index is 12.6. The van der Waals surface area contributed by atoms with Crippen LogP contribution >= 0.6 is 11.8 Å². The van der Waals surface area contributed by atoms with Gasteiger partial charge in [-0.05, 0) is 49.4 Å². The number of rotatable bonds is 6. The number of carbonyl (C=O) groups excluding carboxylic acids is 3. The van der Waals surface area contributed by atoms with Crippen molar-refractivity contribution in [2.75, 3.05) is 19.9 Å². The van der Waals surface area contributed by atoms with Crippen LogP contribution in [-0.2, 0) is 16.0 Å². The van der Waals surface area contributed by atoms with Crippen molar-refractivity contribution in [2.45, 2.75) is 20.3 Å². The summed E-state index contributed by atoms with van der Waals surface area (Å²) in [6.07, 6.45) is 1.77. The highest BCUT2D eigenvalue weighted by molar-refractivity contribution is 8.18. The van der Waals surface area contributed by atoms with Gasteiger partial charge in [-0.2, -0.15) is 0 Å². The molecule has 30 heavy (non-hydrogen) atoms. The summed E-state index contributed by atoms with van der Waals surface area (Å²) in [6, 6.07) is 5.30. The molecule has 2 aliphatic heterocycles. The van der Waals surface area contributed by atoms with Crippen LogP contribution in [0.3, 0.4) is 0 Å². The first-order valence-electron chi connectivity index (χ1n) is 9.26. The van der Waals surface area contributed by atoms with Gasteiger partial charge in [0.2, 0.25) is 12.7 Å². The predicted molar refractivity (Wildman–Crippen MR) is 108 cm³/mol. The fraction of sp³-hybridized carbons (Fsp3) is 0.300. The van der Waals surface area contributed by atoms with E-state index in [0.717, 1.165) is 27.8 Å². The topological polar surface area (TPSA) is 111 Å². The lowest BCUT2D eigenvalue weighted by molar-refractivity contribution is -0.124. The molecule has 4 rings (SSSR count). The standard InChI is InChI=1S/C20H19N3O6S/c1-11-14(12(2)29-22-11)9-18(24)21-5-6-23-19(25)17(30-20(23)26)8-13-3-4-15-16(7-13)28-10-27-15/h3-4,7-8H,5-6,9-10H2,1-2H3,(H,21,24)/b17-8-. The van der Waals surface area contributed by atoms with Crippen molar-refractivity contribution in [1.82, 2.24) is 15.4 Å². The maximum atomic E-state index is 12.6. The van der Waals surface area contributed by atoms with Crippen LogP contribution in [0.4, 0.5) is 4.79 Å². The Kier molecular flexibility index (Phi) is 5.49. The molecule has 0 aliphatic carbocycles. The molecule has 0 spiro atoms. The summed E-state index contributed by atoms with van der Waals surface area (Å²) >= 11 is 0.870. The van der Waals surface area contributed by atoms with Gasteiger partial charge < -0.3 is 19.3 Å². The van der Waals surface area contributed by atoms with Crippen LogP contribution in [0, 0.1) is 13.8 Å². The molecule has 1 saturated heterocycles. The Morgan fingerprint density at radius 1 is 1.27 bits per heavy atom. The second-order valence-corrected chi connectivity index (χ2v) is 7.77. The van der Waals surface area contributed by atoms with E-state index in [0.29, 0.717) is 27.9 Å². The van der Waals surface area contributed by atoms with Crippen LogP contribution < -0.4 is 14.8 Å². The van der Waals surface area contributed by atoms with Gasteiger partial charge in [-0.15, -0.1) is 0 Å². The number of benzene rings is 1. The molecule has 3 heterocycles. The van der Waals surface area contributed by atoms with E-state index in [-0.39, 0.29) is 43.4 Å². The zero-order valence-corrected chi connectivity index (χ0v) is 17.2. The lowest BCUT2D eigenvalue weighted by Crippen LogP contribution is -2.37. The molecule has 0 atom stereocenters. The van der Waals surface area contributed by atoms with E-state index in [9.17, 15) is 14.4 Å². The minimum Gasteiger partial charge on any atom is -0.454 e. The van der Waals surface area contributed by atoms with Gasteiger partial charge in [0, 0.05) is 18.7 Å². The third kappa shape index (κ3) is 4.04. The molecule has 10 heteroatoms. The Balaban J connectivity index is 1.33. The molecule has 2 aromatic rings. The van der Waals surface area contributed by atoms with E-state index in [1.165, 1.54) is 0 Å². The maximum Gasteiger partial charge on any atom is 0.293 e. The lowest BCUT2D eigenvalue weighted by Gasteiger charge is -2.13. The molecule has 0 radical (unpaired) electrons. The van der Waals surface area contributed by atoms with Crippen LogP contribution in [-0.4, -0.2) is 47.0 Å². The van der Waals surface area contributed by atoms with Gasteiger partial charge in [0.1, 0.15) is 5.76 Å². The lowest BCUT2D eigenvalue weighted by atomic mass is 10.1. The highest BCUT2D eigenvalue weighted by Crippen LogP contribution is 2.36. The Morgan fingerprint density at radius 3 is 2.83 bits per heavy atom. The summed E-state index contributed by atoms with van der Waals surface area (Å²) in [7, 11) is 0. The molecule has 1 N–H and O–H groups in total. The molecule has 3 amide bonds. The minimum absolute atomic E-state index is 0.0937. The third-order valence-corrected chi connectivity index (χ3v) is 5.65. The second-order valence-electron chi connectivity index (χ2n) is 6.78. The molecule has 156 valence electrons. The number of hydrogen-bond donors (Lipinski definition) is 1. The molecule has 2 aliphatic rings. The Morgan fingerprint density at radius 2 is 2.07 bits per heavy atom. The number of thioether (sulfide) groups is 1. The van der Waals surface area contributed by atoms with Gasteiger partial charge in [-0.1, -0.05) is 11.2 Å². The van der Waals surface area contributed by atoms with Crippen LogP contribution in [0.5, 0.6) is 11.5 Å². The van der Waals surface area contributed by atoms with Gasteiger partial charge >= 0.3 is 0 Å². The van der Waals surface area contributed by atoms with Crippen molar-refractivity contribution in [1.29, 1.82) is 0 Å². The van der Waals surface area contributed by atoms with E-state index >= 15 is 0 Å². The number of nitrogens with one attached hydrogen (secondary N) is 1. The van der Waals surface area contributed by atoms with E-state index in [2.05, 4.69) is 10.5 Å². The van der Waals surface area contributed by atoms with Crippen molar-refractivity contribution >= 4 is 34.9 Å². The SMILES string of the molecule is Cc1noc(C)c1CC(=O)NCCN1C(=O)S/C(=C\c2ccc3c(c2)OCO3)C1=O. The number of imide groups is 1. The fourth-order valence-corrected chi connectivity index (χ4v) is 4.00. The largest absolute Gasteiger partial charge is 0.454 e. The number of fused-ring (bicyclic) bond motifs is 1. The molecule has 0 saturated carbocycles. The van der Waals surface area contributed by atoms with Crippen LogP contribution in [0.25, 0.3) is 6.08 Å². The van der Waals surface area contributed by atoms with Crippen LogP contribution in [0.2, 0.25) is 0 Å². The summed E-state index contributed by atoms with van der Waals surface area (Å²) in [5.74, 6) is 1.23. The average molecular weight is 429 g/mol. The number of aromatic nitrogens is 1. The molecule has 9 nitrogen and oxygen atoms in total. The number of amides is 3. The van der Waals surface area contributed by atoms with Crippen LogP contribution in [0.15, 0.2) is 27.6 Å². The van der Waals surface area contributed by atoms with Gasteiger partial charge in [-0.25, -0.2) is 0 Å². The normalized spacial score (nSPS) is 16.6. The molecule has 1 aromatic heterocycles. The molecule has 1 fully saturated rings. The Hall–Kier alpha value is -3.27. The summed E-state index contributed by atoms with van der Waals surface area (Å²) in [5.41, 5.74) is 2.14. The number of ether oxygens (including phenoxy) is 2. The first-order valence-corrected chi connectivity index (χ1v) is 10.1. The zero-order valence-electron chi connectivity index (χ0n) is 16.4. The first kappa shape index (κ1) is 20.0. The molecular weight excluding hydrogens is 410 g/mol. The average Bonchev–Trinajstić information content (AvgIpc) is 3.38. The van der Waals surface area contributed by atoms with Gasteiger partial charge in [-0.3, -0.25) is 19.3 Å². The monoisotopic (exact) mass is 429 g/mol. The summed E-state index contributed by atoms with van der Waals surface area (Å²) in [6.45, 7) is 3.94. The van der Waals surface area contributed by atoms with Crippen molar-refractivity contribution in [3.05, 3.63) is 45.7 Å². The Bertz CT molecular complexity index is 1040. The molecule has 1 aromatic carbocycles. The van der Waals surface area contributed by atoms with E-state index < -0.39 is 0 Å². The van der Waals surface area contributed by atoms with Crippen molar-refractivity contribution < 1.29 is 28.4 Å². The predicted octanol–water partition coefficient (Wildman–Crippen LogP) is 2.42. The van der Waals surface area contributed by atoms with Gasteiger partial charge in [0.25, 0.3) is 11.1 Å². The van der Waals surface area contributed by atoms with Gasteiger partial charge in [0.05, 0.1) is 17.0 Å². The molecule has 0 unspecified atom stereocenters. The summed E-state index contributed by atoms with van der Waals surface area (Å²) in [5, 5.41) is 6.17. The summed E-state index contributed by atoms with van der Waals surface area (Å²) < 4.78 is 15.6. The second kappa shape index (κ2) is 8.23. The zero-order chi connectivity index (χ0) is 21.3. The van der Waals surface area contributed by atoms with Gasteiger partial charge in [0.15, 0.2) is 11.5 Å². The quantitative estimate of drug-likeness (QED) is 0.697. The van der Waals surface area contributed by atoms with Crippen molar-refractivity contribution in [3.63, 3.8) is 0 Å². The van der Waals surface area contributed by atoms with E-state index in [1.54, 1.807) is 38.1 Å². The molecular formula is C20H19N3O6S. The summed E-state index contributed by atoms with van der Waals surface area (Å²) in [4.78, 5) is 38.4. The minimum atomic E-state index is -0.386. The fourth-order valence-electron chi connectivity index (χ4n) is 3.13. The van der Waals surface area contributed by atoms with Crippen molar-refractivity contribution in [2.24, 2.45) is 0 Å². The third-order valence-electron chi connectivity index (χ3n) is 4.74. The number of carbonyl (C=O) groups is 3. The van der Waals surface area contributed by atoms with Crippen molar-refractivity contribution in [3.8, 4) is 11.5 Å². The van der Waals surface area contributed by atoms with E-state index in [1.807, 2.05) is 0 Å². The number of aryl methyl sites for hydroxylation is 2. The molecule has 0 bridgehead atoms. The highest BCUT2D eigenvalue weighted by atomic mass is 32.2.